The Balaban J connectivity index is 1.49. The quantitative estimate of drug-likeness (QED) is 0.340. The summed E-state index contributed by atoms with van der Waals surface area (Å²) in [5, 5.41) is 5.50. The molecule has 4 rings (SSSR count). The molecule has 1 fully saturated rings. The fourth-order valence-electron chi connectivity index (χ4n) is 4.83. The predicted octanol–water partition coefficient (Wildman–Crippen LogP) is 5.52. The van der Waals surface area contributed by atoms with Gasteiger partial charge in [-0.05, 0) is 34.1 Å². The van der Waals surface area contributed by atoms with Crippen molar-refractivity contribution < 1.29 is 35.2 Å². The molecule has 3 heterocycles. The first-order chi connectivity index (χ1) is 18.7. The molecule has 0 unspecified atom stereocenters. The number of aromatic nitrogens is 1. The Morgan fingerprint density at radius 2 is 1.93 bits per heavy atom. The maximum atomic E-state index is 13.6. The van der Waals surface area contributed by atoms with E-state index in [4.69, 9.17) is 25.3 Å². The number of hydrazone groups is 1. The van der Waals surface area contributed by atoms with E-state index < -0.39 is 40.6 Å². The van der Waals surface area contributed by atoms with Gasteiger partial charge in [0.15, 0.2) is 0 Å². The summed E-state index contributed by atoms with van der Waals surface area (Å²) in [6.45, 7) is 4.29. The Labute approximate surface area is 244 Å². The van der Waals surface area contributed by atoms with Gasteiger partial charge in [-0.15, -0.1) is 0 Å². The largest absolute Gasteiger partial charge is 0.490 e. The Morgan fingerprint density at radius 1 is 1.20 bits per heavy atom. The van der Waals surface area contributed by atoms with Crippen LogP contribution in [0.4, 0.5) is 24.5 Å². The SMILES string of the molecule is COc1cc(N2CC[C@@H](Oc3ccc(N4N=C(C(F)(F)F)[C@@H](C)[C@@H]4COS(C)(=O)=O)c(Br)c3)[C@@H](C)C2)c(Cl)cn1. The van der Waals surface area contributed by atoms with Gasteiger partial charge in [-0.25, -0.2) is 4.98 Å². The van der Waals surface area contributed by atoms with Crippen LogP contribution in [-0.2, 0) is 14.3 Å². The van der Waals surface area contributed by atoms with E-state index in [9.17, 15) is 21.6 Å². The number of piperidine rings is 1. The fourth-order valence-corrected chi connectivity index (χ4v) is 5.98. The first-order valence-corrected chi connectivity index (χ1v) is 15.4. The van der Waals surface area contributed by atoms with Crippen LogP contribution in [0, 0.1) is 11.8 Å². The highest BCUT2D eigenvalue weighted by Gasteiger charge is 2.49. The number of pyridine rings is 1. The predicted molar refractivity (Wildman–Crippen MR) is 150 cm³/mol. The van der Waals surface area contributed by atoms with Gasteiger partial charge in [0.25, 0.3) is 10.1 Å². The van der Waals surface area contributed by atoms with E-state index in [2.05, 4.69) is 37.8 Å². The highest BCUT2D eigenvalue weighted by molar-refractivity contribution is 9.10. The van der Waals surface area contributed by atoms with Crippen molar-refractivity contribution in [2.45, 2.75) is 38.6 Å². The third kappa shape index (κ3) is 6.94. The van der Waals surface area contributed by atoms with Crippen molar-refractivity contribution >= 4 is 54.7 Å². The molecule has 0 aliphatic carbocycles. The van der Waals surface area contributed by atoms with E-state index in [0.717, 1.165) is 17.0 Å². The summed E-state index contributed by atoms with van der Waals surface area (Å²) in [5.41, 5.74) is 0.151. The van der Waals surface area contributed by atoms with Gasteiger partial charge in [-0.2, -0.15) is 26.7 Å². The van der Waals surface area contributed by atoms with Crippen LogP contribution in [-0.4, -0.2) is 70.5 Å². The van der Waals surface area contributed by atoms with Gasteiger partial charge in [0, 0.05) is 41.9 Å². The molecule has 1 saturated heterocycles. The summed E-state index contributed by atoms with van der Waals surface area (Å²) < 4.78 is 80.8. The molecule has 220 valence electrons. The molecule has 1 aromatic heterocycles. The van der Waals surface area contributed by atoms with E-state index in [1.807, 2.05) is 0 Å². The van der Waals surface area contributed by atoms with Crippen LogP contribution >= 0.6 is 27.5 Å². The molecular formula is C25H29BrClF3N4O5S. The standard InChI is InChI=1S/C25H29BrClF3N4O5S/c1-14-12-33(20-10-23(37-3)31-11-18(20)27)8-7-22(14)39-16-5-6-19(17(26)9-16)34-21(13-38-40(4,35)36)15(2)24(32-34)25(28,29)30/h5-6,9-11,14-15,21-22H,7-8,12-13H2,1-4H3/t14-,15-,21-,22+/m0/s1. The van der Waals surface area contributed by atoms with E-state index in [1.165, 1.54) is 6.92 Å². The minimum Gasteiger partial charge on any atom is -0.490 e. The topological polar surface area (TPSA) is 93.6 Å². The van der Waals surface area contributed by atoms with Gasteiger partial charge in [0.1, 0.15) is 17.6 Å². The van der Waals surface area contributed by atoms with Crippen molar-refractivity contribution in [2.24, 2.45) is 16.9 Å². The number of hydrogen-bond donors (Lipinski definition) is 0. The Bertz CT molecular complexity index is 1380. The number of benzene rings is 1. The van der Waals surface area contributed by atoms with Gasteiger partial charge in [-0.3, -0.25) is 9.19 Å². The number of methoxy groups -OCH3 is 1. The van der Waals surface area contributed by atoms with Gasteiger partial charge in [0.2, 0.25) is 5.88 Å². The summed E-state index contributed by atoms with van der Waals surface area (Å²) in [5.74, 6) is 0.00289. The molecule has 2 aliphatic rings. The van der Waals surface area contributed by atoms with Crippen LogP contribution in [0.1, 0.15) is 20.3 Å². The highest BCUT2D eigenvalue weighted by atomic mass is 79.9. The zero-order valence-electron chi connectivity index (χ0n) is 22.2. The van der Waals surface area contributed by atoms with Crippen LogP contribution < -0.4 is 19.4 Å². The average Bonchev–Trinajstić information content (AvgIpc) is 3.20. The van der Waals surface area contributed by atoms with Crippen molar-refractivity contribution in [2.75, 3.05) is 43.0 Å². The minimum absolute atomic E-state index is 0.117. The molecule has 0 radical (unpaired) electrons. The van der Waals surface area contributed by atoms with Gasteiger partial charge >= 0.3 is 6.18 Å². The molecule has 9 nitrogen and oxygen atoms in total. The molecule has 0 saturated carbocycles. The van der Waals surface area contributed by atoms with Gasteiger partial charge < -0.3 is 14.4 Å². The Morgan fingerprint density at radius 3 is 2.52 bits per heavy atom. The van der Waals surface area contributed by atoms with Crippen LogP contribution in [0.25, 0.3) is 0 Å². The Kier molecular flexibility index (Phi) is 9.13. The lowest BCUT2D eigenvalue weighted by Gasteiger charge is -2.38. The smallest absolute Gasteiger partial charge is 0.431 e. The van der Waals surface area contributed by atoms with E-state index >= 15 is 0 Å². The monoisotopic (exact) mass is 668 g/mol. The van der Waals surface area contributed by atoms with Crippen molar-refractivity contribution in [3.8, 4) is 11.6 Å². The Hall–Kier alpha value is -2.29. The number of halogens is 5. The van der Waals surface area contributed by atoms with E-state index in [1.54, 1.807) is 37.6 Å². The lowest BCUT2D eigenvalue weighted by atomic mass is 9.96. The lowest BCUT2D eigenvalue weighted by molar-refractivity contribution is -0.0621. The van der Waals surface area contributed by atoms with Crippen LogP contribution in [0.15, 0.2) is 40.0 Å². The average molecular weight is 670 g/mol. The van der Waals surface area contributed by atoms with Crippen LogP contribution in [0.2, 0.25) is 5.02 Å². The molecule has 0 spiro atoms. The van der Waals surface area contributed by atoms with E-state index in [0.29, 0.717) is 46.3 Å². The maximum Gasteiger partial charge on any atom is 0.431 e. The van der Waals surface area contributed by atoms with Crippen LogP contribution in [0.3, 0.4) is 0 Å². The lowest BCUT2D eigenvalue weighted by Crippen LogP contribution is -2.44. The second-order valence-corrected chi connectivity index (χ2v) is 12.7. The molecule has 4 atom stereocenters. The fraction of sp³-hybridized carbons (Fsp3) is 0.520. The summed E-state index contributed by atoms with van der Waals surface area (Å²) in [4.78, 5) is 6.27. The molecule has 40 heavy (non-hydrogen) atoms. The molecule has 0 bridgehead atoms. The van der Waals surface area contributed by atoms with Crippen LogP contribution in [0.5, 0.6) is 11.6 Å². The van der Waals surface area contributed by atoms with Crippen molar-refractivity contribution in [3.05, 3.63) is 40.0 Å². The van der Waals surface area contributed by atoms with Gasteiger partial charge in [0.05, 0.1) is 48.6 Å². The number of alkyl halides is 3. The zero-order chi connectivity index (χ0) is 29.4. The summed E-state index contributed by atoms with van der Waals surface area (Å²) in [7, 11) is -2.33. The third-order valence-corrected chi connectivity index (χ3v) is 8.41. The third-order valence-electron chi connectivity index (χ3n) is 6.92. The van der Waals surface area contributed by atoms with Gasteiger partial charge in [-0.1, -0.05) is 25.4 Å². The summed E-state index contributed by atoms with van der Waals surface area (Å²) >= 11 is 9.81. The summed E-state index contributed by atoms with van der Waals surface area (Å²) in [6, 6.07) is 5.72. The molecular weight excluding hydrogens is 641 g/mol. The van der Waals surface area contributed by atoms with Crippen molar-refractivity contribution in [1.82, 2.24) is 4.98 Å². The molecule has 0 N–H and O–H groups in total. The number of rotatable bonds is 8. The summed E-state index contributed by atoms with van der Waals surface area (Å²) in [6.07, 6.45) is -1.69. The van der Waals surface area contributed by atoms with E-state index in [-0.39, 0.29) is 12.0 Å². The minimum atomic E-state index is -4.68. The second kappa shape index (κ2) is 11.9. The number of anilines is 2. The number of ether oxygens (including phenoxy) is 2. The maximum absolute atomic E-state index is 13.6. The zero-order valence-corrected chi connectivity index (χ0v) is 25.3. The molecule has 2 aliphatic heterocycles. The molecule has 0 amide bonds. The van der Waals surface area contributed by atoms with Crippen molar-refractivity contribution in [3.63, 3.8) is 0 Å². The number of hydrogen-bond acceptors (Lipinski definition) is 9. The highest BCUT2D eigenvalue weighted by Crippen LogP contribution is 2.40. The molecule has 15 heteroatoms. The normalized spacial score (nSPS) is 23.8. The molecule has 2 aromatic rings. The molecule has 1 aromatic carbocycles. The first kappa shape index (κ1) is 30.7. The first-order valence-electron chi connectivity index (χ1n) is 12.4. The number of nitrogens with zero attached hydrogens (tertiary/aromatic N) is 4. The van der Waals surface area contributed by atoms with Crippen molar-refractivity contribution in [1.29, 1.82) is 0 Å². The second-order valence-electron chi connectivity index (χ2n) is 9.83.